The number of carbonyl (C=O) groups excluding carboxylic acids is 1. The summed E-state index contributed by atoms with van der Waals surface area (Å²) >= 11 is 0. The summed E-state index contributed by atoms with van der Waals surface area (Å²) in [7, 11) is 1.68. The molecular formula is C22H31N5O3. The van der Waals surface area contributed by atoms with E-state index in [4.69, 9.17) is 9.26 Å². The van der Waals surface area contributed by atoms with Gasteiger partial charge in [-0.25, -0.2) is 0 Å². The van der Waals surface area contributed by atoms with E-state index in [9.17, 15) is 4.79 Å². The number of hydrogen-bond acceptors (Lipinski definition) is 7. The fourth-order valence-electron chi connectivity index (χ4n) is 4.13. The molecule has 0 atom stereocenters. The molecule has 2 fully saturated rings. The Labute approximate surface area is 178 Å². The number of carbonyl (C=O) groups is 1. The van der Waals surface area contributed by atoms with E-state index in [-0.39, 0.29) is 5.91 Å². The molecule has 0 bridgehead atoms. The SMILES string of the molecule is COc1ccc(N2CCN(CC(=O)N3CCN(Cc4cc(C)on4)CC3)CC2)cc1. The van der Waals surface area contributed by atoms with E-state index in [0.717, 1.165) is 76.1 Å². The summed E-state index contributed by atoms with van der Waals surface area (Å²) in [5, 5.41) is 4.06. The molecule has 0 unspecified atom stereocenters. The van der Waals surface area contributed by atoms with Crippen molar-refractivity contribution in [1.82, 2.24) is 19.9 Å². The quantitative estimate of drug-likeness (QED) is 0.710. The highest BCUT2D eigenvalue weighted by Crippen LogP contribution is 2.20. The van der Waals surface area contributed by atoms with Crippen molar-refractivity contribution in [3.63, 3.8) is 0 Å². The Balaban J connectivity index is 1.19. The third kappa shape index (κ3) is 5.12. The molecule has 2 aliphatic rings. The highest BCUT2D eigenvalue weighted by Gasteiger charge is 2.25. The second-order valence-corrected chi connectivity index (χ2v) is 8.05. The van der Waals surface area contributed by atoms with E-state index < -0.39 is 0 Å². The van der Waals surface area contributed by atoms with Crippen molar-refractivity contribution in [1.29, 1.82) is 0 Å². The average Bonchev–Trinajstić information content (AvgIpc) is 3.19. The molecule has 2 aromatic rings. The van der Waals surface area contributed by atoms with Crippen molar-refractivity contribution in [3.8, 4) is 5.75 Å². The fraction of sp³-hybridized carbons (Fsp3) is 0.545. The van der Waals surface area contributed by atoms with E-state index in [1.165, 1.54) is 5.69 Å². The average molecular weight is 414 g/mol. The highest BCUT2D eigenvalue weighted by molar-refractivity contribution is 5.78. The molecule has 0 N–H and O–H groups in total. The Hall–Kier alpha value is -2.58. The normalized spacial score (nSPS) is 18.6. The molecular weight excluding hydrogens is 382 g/mol. The van der Waals surface area contributed by atoms with Gasteiger partial charge >= 0.3 is 0 Å². The molecule has 3 heterocycles. The molecule has 1 aromatic heterocycles. The van der Waals surface area contributed by atoms with Gasteiger partial charge in [0.2, 0.25) is 5.91 Å². The number of methoxy groups -OCH3 is 1. The van der Waals surface area contributed by atoms with Crippen molar-refractivity contribution in [2.45, 2.75) is 13.5 Å². The Morgan fingerprint density at radius 1 is 1.00 bits per heavy atom. The van der Waals surface area contributed by atoms with Crippen LogP contribution in [0.25, 0.3) is 0 Å². The van der Waals surface area contributed by atoms with Crippen LogP contribution in [0.5, 0.6) is 5.75 Å². The van der Waals surface area contributed by atoms with Crippen LogP contribution < -0.4 is 9.64 Å². The minimum absolute atomic E-state index is 0.241. The largest absolute Gasteiger partial charge is 0.497 e. The summed E-state index contributed by atoms with van der Waals surface area (Å²) in [6, 6.07) is 10.2. The molecule has 8 nitrogen and oxygen atoms in total. The van der Waals surface area contributed by atoms with Gasteiger partial charge in [0.15, 0.2) is 0 Å². The molecule has 1 aromatic carbocycles. The second kappa shape index (κ2) is 9.49. The Morgan fingerprint density at radius 2 is 1.67 bits per heavy atom. The number of anilines is 1. The zero-order valence-corrected chi connectivity index (χ0v) is 17.9. The van der Waals surface area contributed by atoms with Gasteiger partial charge in [0, 0.05) is 70.7 Å². The van der Waals surface area contributed by atoms with Crippen molar-refractivity contribution in [3.05, 3.63) is 41.8 Å². The first kappa shape index (κ1) is 20.7. The fourth-order valence-corrected chi connectivity index (χ4v) is 4.13. The summed E-state index contributed by atoms with van der Waals surface area (Å²) < 4.78 is 10.4. The molecule has 30 heavy (non-hydrogen) atoms. The standard InChI is InChI=1S/C22H31N5O3/c1-18-15-19(23-30-18)16-24-9-13-27(14-10-24)22(28)17-25-7-11-26(12-8-25)20-3-5-21(29-2)6-4-20/h3-6,15H,7-14,16-17H2,1-2H3. The van der Waals surface area contributed by atoms with Crippen molar-refractivity contribution >= 4 is 11.6 Å². The number of amides is 1. The molecule has 2 aliphatic heterocycles. The maximum absolute atomic E-state index is 12.8. The first-order chi connectivity index (χ1) is 14.6. The number of ether oxygens (including phenoxy) is 1. The Kier molecular flexibility index (Phi) is 6.54. The summed E-state index contributed by atoms with van der Waals surface area (Å²) in [4.78, 5) is 21.7. The van der Waals surface area contributed by atoms with Crippen LogP contribution in [0.2, 0.25) is 0 Å². The van der Waals surface area contributed by atoms with Crippen LogP contribution in [0.3, 0.4) is 0 Å². The first-order valence-corrected chi connectivity index (χ1v) is 10.6. The minimum atomic E-state index is 0.241. The van der Waals surface area contributed by atoms with E-state index in [2.05, 4.69) is 32.0 Å². The van der Waals surface area contributed by atoms with E-state index >= 15 is 0 Å². The summed E-state index contributed by atoms with van der Waals surface area (Å²) in [5.74, 6) is 1.95. The number of aromatic nitrogens is 1. The van der Waals surface area contributed by atoms with Crippen molar-refractivity contribution in [2.24, 2.45) is 0 Å². The van der Waals surface area contributed by atoms with Crippen LogP contribution in [0.1, 0.15) is 11.5 Å². The predicted octanol–water partition coefficient (Wildman–Crippen LogP) is 1.46. The van der Waals surface area contributed by atoms with Crippen LogP contribution in [0.4, 0.5) is 5.69 Å². The van der Waals surface area contributed by atoms with Gasteiger partial charge in [-0.3, -0.25) is 14.6 Å². The van der Waals surface area contributed by atoms with Crippen LogP contribution >= 0.6 is 0 Å². The summed E-state index contributed by atoms with van der Waals surface area (Å²) in [5.41, 5.74) is 2.17. The predicted molar refractivity (Wildman–Crippen MR) is 115 cm³/mol. The highest BCUT2D eigenvalue weighted by atomic mass is 16.5. The Morgan fingerprint density at radius 3 is 2.27 bits per heavy atom. The number of aryl methyl sites for hydroxylation is 1. The van der Waals surface area contributed by atoms with E-state index in [1.54, 1.807) is 7.11 Å². The molecule has 2 saturated heterocycles. The van der Waals surface area contributed by atoms with Gasteiger partial charge in [0.1, 0.15) is 11.5 Å². The lowest BCUT2D eigenvalue weighted by Gasteiger charge is -2.38. The van der Waals surface area contributed by atoms with Gasteiger partial charge in [0.25, 0.3) is 0 Å². The monoisotopic (exact) mass is 413 g/mol. The van der Waals surface area contributed by atoms with E-state index in [0.29, 0.717) is 6.54 Å². The molecule has 0 radical (unpaired) electrons. The molecule has 8 heteroatoms. The van der Waals surface area contributed by atoms with Gasteiger partial charge in [-0.05, 0) is 31.2 Å². The zero-order valence-electron chi connectivity index (χ0n) is 17.9. The van der Waals surface area contributed by atoms with Crippen molar-refractivity contribution < 1.29 is 14.1 Å². The molecule has 4 rings (SSSR count). The van der Waals surface area contributed by atoms with Crippen LogP contribution in [0.15, 0.2) is 34.9 Å². The van der Waals surface area contributed by atoms with Gasteiger partial charge in [-0.15, -0.1) is 0 Å². The van der Waals surface area contributed by atoms with Crippen LogP contribution in [0, 0.1) is 6.92 Å². The molecule has 0 spiro atoms. The third-order valence-electron chi connectivity index (χ3n) is 5.96. The maximum Gasteiger partial charge on any atom is 0.236 e. The number of nitrogens with zero attached hydrogens (tertiary/aromatic N) is 5. The lowest BCUT2D eigenvalue weighted by Crippen LogP contribution is -2.53. The lowest BCUT2D eigenvalue weighted by molar-refractivity contribution is -0.134. The minimum Gasteiger partial charge on any atom is -0.497 e. The van der Waals surface area contributed by atoms with Gasteiger partial charge in [0.05, 0.1) is 19.3 Å². The lowest BCUT2D eigenvalue weighted by atomic mass is 10.2. The molecule has 0 saturated carbocycles. The van der Waals surface area contributed by atoms with Crippen molar-refractivity contribution in [2.75, 3.05) is 70.9 Å². The zero-order chi connectivity index (χ0) is 20.9. The van der Waals surface area contributed by atoms with Gasteiger partial charge < -0.3 is 19.1 Å². The summed E-state index contributed by atoms with van der Waals surface area (Å²) in [6.07, 6.45) is 0. The molecule has 0 aliphatic carbocycles. The van der Waals surface area contributed by atoms with Gasteiger partial charge in [-0.1, -0.05) is 5.16 Å². The number of rotatable bonds is 6. The number of hydrogen-bond donors (Lipinski definition) is 0. The smallest absolute Gasteiger partial charge is 0.236 e. The molecule has 162 valence electrons. The maximum atomic E-state index is 12.8. The first-order valence-electron chi connectivity index (χ1n) is 10.6. The third-order valence-corrected chi connectivity index (χ3v) is 5.96. The number of piperazine rings is 2. The summed E-state index contributed by atoms with van der Waals surface area (Å²) in [6.45, 7) is 10.2. The molecule has 1 amide bonds. The Bertz CT molecular complexity index is 822. The number of benzene rings is 1. The van der Waals surface area contributed by atoms with E-state index in [1.807, 2.05) is 30.0 Å². The second-order valence-electron chi connectivity index (χ2n) is 8.05. The topological polar surface area (TPSA) is 65.3 Å². The van der Waals surface area contributed by atoms with Crippen LogP contribution in [-0.4, -0.2) is 91.8 Å². The van der Waals surface area contributed by atoms with Gasteiger partial charge in [-0.2, -0.15) is 0 Å². The van der Waals surface area contributed by atoms with Crippen LogP contribution in [-0.2, 0) is 11.3 Å².